The van der Waals surface area contributed by atoms with E-state index in [1.165, 1.54) is 23.7 Å². The van der Waals surface area contributed by atoms with Crippen molar-refractivity contribution in [3.63, 3.8) is 0 Å². The van der Waals surface area contributed by atoms with Crippen molar-refractivity contribution in [2.24, 2.45) is 20.0 Å². The van der Waals surface area contributed by atoms with Crippen LogP contribution in [0.3, 0.4) is 0 Å². The maximum atomic E-state index is 12.7. The number of rotatable bonds is 5. The number of fused-ring (bicyclic) bond motifs is 1. The highest BCUT2D eigenvalue weighted by atomic mass is 16.5. The summed E-state index contributed by atoms with van der Waals surface area (Å²) in [6.07, 6.45) is 0.823. The Morgan fingerprint density at radius 3 is 2.38 bits per heavy atom. The summed E-state index contributed by atoms with van der Waals surface area (Å²) in [6.45, 7) is 4.72. The van der Waals surface area contributed by atoms with Crippen LogP contribution in [0.5, 0.6) is 17.5 Å². The first-order valence-corrected chi connectivity index (χ1v) is 8.42. The van der Waals surface area contributed by atoms with E-state index < -0.39 is 11.2 Å². The van der Waals surface area contributed by atoms with Crippen LogP contribution in [0.15, 0.2) is 33.9 Å². The van der Waals surface area contributed by atoms with Gasteiger partial charge >= 0.3 is 11.7 Å². The van der Waals surface area contributed by atoms with Gasteiger partial charge in [-0.2, -0.15) is 4.98 Å². The summed E-state index contributed by atoms with van der Waals surface area (Å²) in [5.41, 5.74) is -0.216. The Kier molecular flexibility index (Phi) is 4.58. The minimum Gasteiger partial charge on any atom is -0.508 e. The van der Waals surface area contributed by atoms with Crippen LogP contribution in [0, 0.1) is 5.92 Å². The second-order valence-electron chi connectivity index (χ2n) is 6.70. The van der Waals surface area contributed by atoms with Crippen LogP contribution >= 0.6 is 0 Å². The van der Waals surface area contributed by atoms with Crippen LogP contribution in [0.4, 0.5) is 0 Å². The molecule has 2 aromatic heterocycles. The van der Waals surface area contributed by atoms with Gasteiger partial charge in [-0.05, 0) is 36.6 Å². The van der Waals surface area contributed by atoms with Crippen LogP contribution < -0.4 is 16.0 Å². The van der Waals surface area contributed by atoms with Crippen molar-refractivity contribution in [1.29, 1.82) is 0 Å². The molecule has 0 radical (unpaired) electrons. The maximum Gasteiger partial charge on any atom is 0.332 e. The lowest BCUT2D eigenvalue weighted by atomic mass is 10.1. The minimum atomic E-state index is -0.438. The molecule has 0 aliphatic rings. The van der Waals surface area contributed by atoms with Crippen LogP contribution in [0.25, 0.3) is 11.2 Å². The van der Waals surface area contributed by atoms with Gasteiger partial charge in [-0.3, -0.25) is 18.5 Å². The minimum absolute atomic E-state index is 0.127. The monoisotopic (exact) mass is 358 g/mol. The Morgan fingerprint density at radius 1 is 1.12 bits per heavy atom. The summed E-state index contributed by atoms with van der Waals surface area (Å²) in [5.74, 6) is 1.03. The summed E-state index contributed by atoms with van der Waals surface area (Å²) >= 11 is 0. The van der Waals surface area contributed by atoms with Gasteiger partial charge in [0.2, 0.25) is 0 Å². The average molecular weight is 358 g/mol. The molecule has 0 atom stereocenters. The van der Waals surface area contributed by atoms with Gasteiger partial charge in [-0.15, -0.1) is 0 Å². The Bertz CT molecular complexity index is 1060. The number of aryl methyl sites for hydroxylation is 2. The second-order valence-corrected chi connectivity index (χ2v) is 6.70. The number of benzene rings is 1. The number of phenolic OH excluding ortho intramolecular Hbond substituents is 1. The van der Waals surface area contributed by atoms with Crippen molar-refractivity contribution in [1.82, 2.24) is 18.7 Å². The zero-order valence-electron chi connectivity index (χ0n) is 15.3. The lowest BCUT2D eigenvalue weighted by Gasteiger charge is -2.11. The number of ether oxygens (including phenoxy) is 1. The molecule has 0 spiro atoms. The largest absolute Gasteiger partial charge is 0.508 e. The highest BCUT2D eigenvalue weighted by Gasteiger charge is 2.20. The molecule has 1 N–H and O–H groups in total. The van der Waals surface area contributed by atoms with E-state index in [1.54, 1.807) is 23.7 Å². The Morgan fingerprint density at radius 2 is 1.77 bits per heavy atom. The predicted molar refractivity (Wildman–Crippen MR) is 97.9 cm³/mol. The molecule has 0 unspecified atom stereocenters. The first-order valence-electron chi connectivity index (χ1n) is 8.42. The fraction of sp³-hybridized carbons (Fsp3) is 0.389. The molecule has 138 valence electrons. The molecule has 3 aromatic rings. The highest BCUT2D eigenvalue weighted by Crippen LogP contribution is 2.26. The predicted octanol–water partition coefficient (Wildman–Crippen LogP) is 1.98. The molecule has 8 nitrogen and oxygen atoms in total. The zero-order valence-corrected chi connectivity index (χ0v) is 15.3. The van der Waals surface area contributed by atoms with E-state index in [-0.39, 0.29) is 17.4 Å². The molecule has 0 fully saturated rings. The highest BCUT2D eigenvalue weighted by molar-refractivity contribution is 5.72. The van der Waals surface area contributed by atoms with E-state index in [9.17, 15) is 14.7 Å². The fourth-order valence-corrected chi connectivity index (χ4v) is 2.72. The average Bonchev–Trinajstić information content (AvgIpc) is 2.96. The van der Waals surface area contributed by atoms with Gasteiger partial charge in [0.25, 0.3) is 5.56 Å². The summed E-state index contributed by atoms with van der Waals surface area (Å²) in [4.78, 5) is 29.3. The Hall–Kier alpha value is -3.03. The van der Waals surface area contributed by atoms with Gasteiger partial charge in [0.05, 0.1) is 0 Å². The molecule has 0 saturated heterocycles. The number of hydrogen-bond donors (Lipinski definition) is 1. The molecule has 0 bridgehead atoms. The fourth-order valence-electron chi connectivity index (χ4n) is 2.72. The molecule has 2 heterocycles. The third kappa shape index (κ3) is 3.10. The number of phenols is 1. The van der Waals surface area contributed by atoms with E-state index >= 15 is 0 Å². The molecule has 26 heavy (non-hydrogen) atoms. The molecule has 1 aromatic carbocycles. The zero-order chi connectivity index (χ0) is 19.0. The van der Waals surface area contributed by atoms with Gasteiger partial charge in [-0.25, -0.2) is 4.79 Å². The van der Waals surface area contributed by atoms with Crippen LogP contribution in [0.2, 0.25) is 0 Å². The van der Waals surface area contributed by atoms with Crippen molar-refractivity contribution in [2.45, 2.75) is 26.8 Å². The Balaban J connectivity index is 2.20. The van der Waals surface area contributed by atoms with Crippen molar-refractivity contribution in [3.05, 3.63) is 45.1 Å². The van der Waals surface area contributed by atoms with Crippen molar-refractivity contribution in [2.75, 3.05) is 0 Å². The smallest absolute Gasteiger partial charge is 0.332 e. The summed E-state index contributed by atoms with van der Waals surface area (Å²) in [6, 6.07) is 6.47. The topological polar surface area (TPSA) is 91.3 Å². The molecule has 3 rings (SSSR count). The van der Waals surface area contributed by atoms with Gasteiger partial charge in [0, 0.05) is 20.6 Å². The number of nitrogens with zero attached hydrogens (tertiary/aromatic N) is 4. The quantitative estimate of drug-likeness (QED) is 0.753. The lowest BCUT2D eigenvalue weighted by molar-refractivity contribution is 0.399. The summed E-state index contributed by atoms with van der Waals surface area (Å²) in [5, 5.41) is 9.41. The van der Waals surface area contributed by atoms with Crippen LogP contribution in [-0.2, 0) is 20.6 Å². The normalized spacial score (nSPS) is 11.4. The van der Waals surface area contributed by atoms with E-state index in [0.717, 1.165) is 11.0 Å². The van der Waals surface area contributed by atoms with E-state index in [4.69, 9.17) is 4.74 Å². The standard InChI is InChI=1S/C18H22N4O4/c1-11(2)9-10-22-14-15(20(3)18(25)21(4)16(14)24)19-17(22)26-13-7-5-12(23)6-8-13/h5-8,11,23H,9-10H2,1-4H3. The van der Waals surface area contributed by atoms with Gasteiger partial charge < -0.3 is 9.84 Å². The number of hydrogen-bond acceptors (Lipinski definition) is 5. The molecule has 8 heteroatoms. The van der Waals surface area contributed by atoms with E-state index in [1.807, 2.05) is 0 Å². The third-order valence-electron chi connectivity index (χ3n) is 4.29. The van der Waals surface area contributed by atoms with Gasteiger partial charge in [0.15, 0.2) is 11.2 Å². The molecular formula is C18H22N4O4. The maximum absolute atomic E-state index is 12.7. The summed E-state index contributed by atoms with van der Waals surface area (Å²) in [7, 11) is 3.03. The molecular weight excluding hydrogens is 336 g/mol. The lowest BCUT2D eigenvalue weighted by Crippen LogP contribution is -2.37. The first kappa shape index (κ1) is 17.8. The van der Waals surface area contributed by atoms with E-state index in [0.29, 0.717) is 23.7 Å². The van der Waals surface area contributed by atoms with Crippen molar-refractivity contribution in [3.8, 4) is 17.5 Å². The summed E-state index contributed by atoms with van der Waals surface area (Å²) < 4.78 is 9.97. The molecule has 0 aliphatic carbocycles. The SMILES string of the molecule is CC(C)CCn1c(Oc2ccc(O)cc2)nc2c1c(=O)n(C)c(=O)n2C. The number of imidazole rings is 1. The third-order valence-corrected chi connectivity index (χ3v) is 4.29. The van der Waals surface area contributed by atoms with Gasteiger partial charge in [0.1, 0.15) is 11.5 Å². The molecule has 0 aliphatic heterocycles. The van der Waals surface area contributed by atoms with E-state index in [2.05, 4.69) is 18.8 Å². The van der Waals surface area contributed by atoms with Crippen molar-refractivity contribution >= 4 is 11.2 Å². The Labute approximate surface area is 149 Å². The van der Waals surface area contributed by atoms with Crippen molar-refractivity contribution < 1.29 is 9.84 Å². The van der Waals surface area contributed by atoms with Crippen LogP contribution in [0.1, 0.15) is 20.3 Å². The number of aromatic nitrogens is 4. The molecule has 0 saturated carbocycles. The first-order chi connectivity index (χ1) is 12.3. The van der Waals surface area contributed by atoms with Crippen LogP contribution in [-0.4, -0.2) is 23.8 Å². The second kappa shape index (κ2) is 6.70. The van der Waals surface area contributed by atoms with Gasteiger partial charge in [-0.1, -0.05) is 13.8 Å². The number of aromatic hydroxyl groups is 1. The molecule has 0 amide bonds.